The first-order chi connectivity index (χ1) is 13.5. The molecule has 1 amide bonds. The Bertz CT molecular complexity index is 746. The average molecular weight is 385 g/mol. The summed E-state index contributed by atoms with van der Waals surface area (Å²) in [5.74, 6) is 1.61. The van der Waals surface area contributed by atoms with Crippen LogP contribution in [0.2, 0.25) is 0 Å². The average Bonchev–Trinajstić information content (AvgIpc) is 2.93. The highest BCUT2D eigenvalue weighted by Gasteiger charge is 2.16. The molecule has 1 aliphatic heterocycles. The third-order valence-electron chi connectivity index (χ3n) is 5.13. The Morgan fingerprint density at radius 2 is 1.82 bits per heavy atom. The number of likely N-dealkylation sites (tertiary alicyclic amines) is 1. The molecule has 2 aromatic rings. The van der Waals surface area contributed by atoms with Gasteiger partial charge in [0, 0.05) is 25.6 Å². The summed E-state index contributed by atoms with van der Waals surface area (Å²) >= 11 is 0. The lowest BCUT2D eigenvalue weighted by molar-refractivity contribution is 0.0769. The molecule has 1 saturated heterocycles. The summed E-state index contributed by atoms with van der Waals surface area (Å²) in [5, 5.41) is 3.99. The van der Waals surface area contributed by atoms with Crippen molar-refractivity contribution in [3.05, 3.63) is 47.1 Å². The van der Waals surface area contributed by atoms with Crippen molar-refractivity contribution >= 4 is 5.91 Å². The minimum atomic E-state index is -0.0371. The molecule has 1 aliphatic rings. The van der Waals surface area contributed by atoms with Crippen molar-refractivity contribution in [2.24, 2.45) is 5.92 Å². The van der Waals surface area contributed by atoms with E-state index in [2.05, 4.69) is 41.0 Å². The third kappa shape index (κ3) is 5.89. The minimum absolute atomic E-state index is 0.0371. The van der Waals surface area contributed by atoms with Gasteiger partial charge in [0.05, 0.1) is 6.54 Å². The second kappa shape index (κ2) is 9.82. The fourth-order valence-corrected chi connectivity index (χ4v) is 3.60. The van der Waals surface area contributed by atoms with Crippen molar-refractivity contribution in [3.8, 4) is 0 Å². The van der Waals surface area contributed by atoms with E-state index in [9.17, 15) is 4.79 Å². The van der Waals surface area contributed by atoms with Crippen LogP contribution in [0.1, 0.15) is 67.2 Å². The number of amides is 1. The SMILES string of the molecule is CC(C)Cc1noc(CN(C)C(=O)c2ccc(CN3CCCCCC3)cc2)n1. The maximum absolute atomic E-state index is 12.7. The van der Waals surface area contributed by atoms with Crippen molar-refractivity contribution in [3.63, 3.8) is 0 Å². The van der Waals surface area contributed by atoms with Crippen LogP contribution in [-0.4, -0.2) is 46.0 Å². The Labute approximate surface area is 167 Å². The molecule has 1 aromatic carbocycles. The van der Waals surface area contributed by atoms with Gasteiger partial charge in [-0.25, -0.2) is 0 Å². The summed E-state index contributed by atoms with van der Waals surface area (Å²) < 4.78 is 5.28. The van der Waals surface area contributed by atoms with E-state index in [1.807, 2.05) is 12.1 Å². The Balaban J connectivity index is 1.55. The Hall–Kier alpha value is -2.21. The zero-order chi connectivity index (χ0) is 19.9. The molecule has 6 heteroatoms. The van der Waals surface area contributed by atoms with Crippen molar-refractivity contribution in [2.75, 3.05) is 20.1 Å². The maximum atomic E-state index is 12.7. The summed E-state index contributed by atoms with van der Waals surface area (Å²) in [4.78, 5) is 21.2. The zero-order valence-corrected chi connectivity index (χ0v) is 17.4. The van der Waals surface area contributed by atoms with Gasteiger partial charge in [0.25, 0.3) is 5.91 Å². The summed E-state index contributed by atoms with van der Waals surface area (Å²) in [6.45, 7) is 7.85. The Morgan fingerprint density at radius 1 is 1.14 bits per heavy atom. The minimum Gasteiger partial charge on any atom is -0.337 e. The van der Waals surface area contributed by atoms with E-state index in [-0.39, 0.29) is 5.91 Å². The Morgan fingerprint density at radius 3 is 2.46 bits per heavy atom. The molecule has 0 bridgehead atoms. The number of nitrogens with zero attached hydrogens (tertiary/aromatic N) is 4. The van der Waals surface area contributed by atoms with Crippen LogP contribution in [0.15, 0.2) is 28.8 Å². The lowest BCUT2D eigenvalue weighted by Crippen LogP contribution is -2.26. The van der Waals surface area contributed by atoms with Crippen LogP contribution in [0.4, 0.5) is 0 Å². The molecular weight excluding hydrogens is 352 g/mol. The van der Waals surface area contributed by atoms with Crippen LogP contribution < -0.4 is 0 Å². The van der Waals surface area contributed by atoms with E-state index < -0.39 is 0 Å². The molecule has 0 radical (unpaired) electrons. The predicted molar refractivity (Wildman–Crippen MR) is 109 cm³/mol. The van der Waals surface area contributed by atoms with E-state index in [4.69, 9.17) is 4.52 Å². The lowest BCUT2D eigenvalue weighted by Gasteiger charge is -2.20. The normalized spacial score (nSPS) is 15.6. The fourth-order valence-electron chi connectivity index (χ4n) is 3.60. The molecule has 0 saturated carbocycles. The van der Waals surface area contributed by atoms with Crippen LogP contribution in [0, 0.1) is 5.92 Å². The molecular formula is C22H32N4O2. The molecule has 1 aromatic heterocycles. The molecule has 152 valence electrons. The van der Waals surface area contributed by atoms with Crippen molar-refractivity contribution in [1.29, 1.82) is 0 Å². The van der Waals surface area contributed by atoms with Gasteiger partial charge in [0.2, 0.25) is 5.89 Å². The van der Waals surface area contributed by atoms with Gasteiger partial charge < -0.3 is 9.42 Å². The van der Waals surface area contributed by atoms with Crippen molar-refractivity contribution in [2.45, 2.75) is 59.0 Å². The molecule has 28 heavy (non-hydrogen) atoms. The molecule has 3 rings (SSSR count). The summed E-state index contributed by atoms with van der Waals surface area (Å²) in [5.41, 5.74) is 1.94. The predicted octanol–water partition coefficient (Wildman–Crippen LogP) is 3.92. The van der Waals surface area contributed by atoms with Crippen LogP contribution in [-0.2, 0) is 19.5 Å². The number of benzene rings is 1. The first-order valence-corrected chi connectivity index (χ1v) is 10.4. The maximum Gasteiger partial charge on any atom is 0.254 e. The molecule has 6 nitrogen and oxygen atoms in total. The number of carbonyl (C=O) groups is 1. The topological polar surface area (TPSA) is 62.5 Å². The van der Waals surface area contributed by atoms with Gasteiger partial charge in [-0.1, -0.05) is 44.0 Å². The van der Waals surface area contributed by atoms with Crippen LogP contribution in [0.5, 0.6) is 0 Å². The zero-order valence-electron chi connectivity index (χ0n) is 17.4. The van der Waals surface area contributed by atoms with E-state index in [0.717, 1.165) is 13.0 Å². The van der Waals surface area contributed by atoms with Crippen LogP contribution >= 0.6 is 0 Å². The first kappa shape index (κ1) is 20.5. The van der Waals surface area contributed by atoms with Crippen molar-refractivity contribution in [1.82, 2.24) is 19.9 Å². The highest BCUT2D eigenvalue weighted by Crippen LogP contribution is 2.15. The summed E-state index contributed by atoms with van der Waals surface area (Å²) in [6.07, 6.45) is 6.04. The van der Waals surface area contributed by atoms with Gasteiger partial charge in [-0.3, -0.25) is 9.69 Å². The highest BCUT2D eigenvalue weighted by atomic mass is 16.5. The molecule has 0 aliphatic carbocycles. The smallest absolute Gasteiger partial charge is 0.254 e. The van der Waals surface area contributed by atoms with Gasteiger partial charge in [-0.05, 0) is 49.5 Å². The van der Waals surface area contributed by atoms with E-state index in [0.29, 0.717) is 29.7 Å². The number of rotatable bonds is 7. The first-order valence-electron chi connectivity index (χ1n) is 10.4. The van der Waals surface area contributed by atoms with Gasteiger partial charge >= 0.3 is 0 Å². The number of aromatic nitrogens is 2. The number of carbonyl (C=O) groups excluding carboxylic acids is 1. The largest absolute Gasteiger partial charge is 0.337 e. The van der Waals surface area contributed by atoms with Crippen LogP contribution in [0.25, 0.3) is 0 Å². The third-order valence-corrected chi connectivity index (χ3v) is 5.13. The molecule has 0 unspecified atom stereocenters. The second-order valence-corrected chi connectivity index (χ2v) is 8.25. The second-order valence-electron chi connectivity index (χ2n) is 8.25. The van der Waals surface area contributed by atoms with Gasteiger partial charge in [0.1, 0.15) is 0 Å². The number of hydrogen-bond donors (Lipinski definition) is 0. The molecule has 0 atom stereocenters. The van der Waals surface area contributed by atoms with Crippen molar-refractivity contribution < 1.29 is 9.32 Å². The van der Waals surface area contributed by atoms with E-state index >= 15 is 0 Å². The molecule has 1 fully saturated rings. The highest BCUT2D eigenvalue weighted by molar-refractivity contribution is 5.94. The quantitative estimate of drug-likeness (QED) is 0.724. The van der Waals surface area contributed by atoms with Crippen LogP contribution in [0.3, 0.4) is 0 Å². The standard InChI is InChI=1S/C22H32N4O2/c1-17(2)14-20-23-21(28-24-20)16-25(3)22(27)19-10-8-18(9-11-19)15-26-12-6-4-5-7-13-26/h8-11,17H,4-7,12-16H2,1-3H3. The monoisotopic (exact) mass is 384 g/mol. The number of hydrogen-bond acceptors (Lipinski definition) is 5. The lowest BCUT2D eigenvalue weighted by atomic mass is 10.1. The summed E-state index contributed by atoms with van der Waals surface area (Å²) in [6, 6.07) is 7.98. The van der Waals surface area contributed by atoms with Gasteiger partial charge in [-0.15, -0.1) is 0 Å². The molecule has 0 spiro atoms. The van der Waals surface area contributed by atoms with E-state index in [1.54, 1.807) is 11.9 Å². The van der Waals surface area contributed by atoms with Gasteiger partial charge in [0.15, 0.2) is 5.82 Å². The fraction of sp³-hybridized carbons (Fsp3) is 0.591. The molecule has 0 N–H and O–H groups in total. The summed E-state index contributed by atoms with van der Waals surface area (Å²) in [7, 11) is 1.76. The van der Waals surface area contributed by atoms with Gasteiger partial charge in [-0.2, -0.15) is 4.98 Å². The molecule has 2 heterocycles. The Kier molecular flexibility index (Phi) is 7.20. The van der Waals surface area contributed by atoms with E-state index in [1.165, 1.54) is 44.3 Å².